The Balaban J connectivity index is 2.99. The summed E-state index contributed by atoms with van der Waals surface area (Å²) in [5, 5.41) is -0.237. The van der Waals surface area contributed by atoms with Crippen LogP contribution in [0.4, 0.5) is 0 Å². The first-order valence-corrected chi connectivity index (χ1v) is 5.25. The van der Waals surface area contributed by atoms with E-state index in [-0.39, 0.29) is 10.8 Å². The molecule has 0 aromatic rings. The summed E-state index contributed by atoms with van der Waals surface area (Å²) >= 11 is 6.17. The average molecular weight is 213 g/mol. The molecule has 2 heteroatoms. The van der Waals surface area contributed by atoms with Crippen LogP contribution in [0.1, 0.15) is 27.7 Å². The fourth-order valence-corrected chi connectivity index (χ4v) is 1.62. The third-order valence-corrected chi connectivity index (χ3v) is 3.26. The maximum absolute atomic E-state index is 10.9. The number of halogens is 1. The van der Waals surface area contributed by atoms with Crippen molar-refractivity contribution in [2.24, 2.45) is 10.8 Å². The van der Waals surface area contributed by atoms with Crippen LogP contribution in [0.15, 0.2) is 23.8 Å². The van der Waals surface area contributed by atoms with Crippen molar-refractivity contribution >= 4 is 17.9 Å². The van der Waals surface area contributed by atoms with Crippen LogP contribution in [0.2, 0.25) is 0 Å². The molecule has 0 saturated carbocycles. The Hall–Kier alpha value is -0.560. The van der Waals surface area contributed by atoms with Gasteiger partial charge in [0.2, 0.25) is 0 Å². The van der Waals surface area contributed by atoms with Crippen molar-refractivity contribution in [1.82, 2.24) is 0 Å². The highest BCUT2D eigenvalue weighted by atomic mass is 35.5. The van der Waals surface area contributed by atoms with Crippen molar-refractivity contribution in [3.8, 4) is 0 Å². The van der Waals surface area contributed by atoms with E-state index in [0.29, 0.717) is 0 Å². The van der Waals surface area contributed by atoms with Gasteiger partial charge >= 0.3 is 0 Å². The van der Waals surface area contributed by atoms with E-state index >= 15 is 0 Å². The van der Waals surface area contributed by atoms with Crippen LogP contribution < -0.4 is 0 Å². The van der Waals surface area contributed by atoms with E-state index < -0.39 is 5.41 Å². The summed E-state index contributed by atoms with van der Waals surface area (Å²) in [4.78, 5) is 10.9. The van der Waals surface area contributed by atoms with Crippen LogP contribution in [0.3, 0.4) is 0 Å². The first-order valence-electron chi connectivity index (χ1n) is 4.81. The van der Waals surface area contributed by atoms with Gasteiger partial charge in [0.1, 0.15) is 6.29 Å². The van der Waals surface area contributed by atoms with Crippen molar-refractivity contribution < 1.29 is 4.79 Å². The minimum Gasteiger partial charge on any atom is -0.302 e. The zero-order valence-corrected chi connectivity index (χ0v) is 9.93. The molecule has 0 amide bonds. The molecule has 0 spiro atoms. The molecule has 0 fully saturated rings. The fraction of sp³-hybridized carbons (Fsp3) is 0.583. The summed E-state index contributed by atoms with van der Waals surface area (Å²) in [6.07, 6.45) is 6.80. The van der Waals surface area contributed by atoms with E-state index in [2.05, 4.69) is 20.8 Å². The molecule has 0 bridgehead atoms. The van der Waals surface area contributed by atoms with Crippen LogP contribution in [0.25, 0.3) is 0 Å². The largest absolute Gasteiger partial charge is 0.302 e. The lowest BCUT2D eigenvalue weighted by molar-refractivity contribution is -0.113. The molecule has 0 aromatic heterocycles. The molecule has 0 saturated heterocycles. The Bertz CT molecular complexity index is 296. The Morgan fingerprint density at radius 1 is 1.50 bits per heavy atom. The van der Waals surface area contributed by atoms with E-state index in [4.69, 9.17) is 11.6 Å². The zero-order chi connectivity index (χ0) is 11.0. The molecule has 1 nitrogen and oxygen atoms in total. The molecule has 2 unspecified atom stereocenters. The van der Waals surface area contributed by atoms with Gasteiger partial charge in [-0.05, 0) is 17.9 Å². The van der Waals surface area contributed by atoms with E-state index in [0.717, 1.165) is 6.29 Å². The van der Waals surface area contributed by atoms with Gasteiger partial charge in [0, 0.05) is 0 Å². The highest BCUT2D eigenvalue weighted by molar-refractivity contribution is 6.23. The van der Waals surface area contributed by atoms with Crippen molar-refractivity contribution in [2.45, 2.75) is 33.1 Å². The van der Waals surface area contributed by atoms with Gasteiger partial charge < -0.3 is 4.79 Å². The second-order valence-electron chi connectivity index (χ2n) is 5.09. The number of aldehydes is 1. The Kier molecular flexibility index (Phi) is 2.91. The number of carbonyl (C=O) groups excluding carboxylic acids is 1. The lowest BCUT2D eigenvalue weighted by Crippen LogP contribution is -2.30. The molecule has 0 N–H and O–H groups in total. The molecule has 78 valence electrons. The maximum atomic E-state index is 10.9. The van der Waals surface area contributed by atoms with Crippen molar-refractivity contribution in [3.05, 3.63) is 23.8 Å². The van der Waals surface area contributed by atoms with E-state index in [1.165, 1.54) is 5.57 Å². The van der Waals surface area contributed by atoms with Crippen LogP contribution in [-0.2, 0) is 4.79 Å². The predicted molar refractivity (Wildman–Crippen MR) is 60.5 cm³/mol. The molecule has 1 aliphatic carbocycles. The van der Waals surface area contributed by atoms with E-state index in [9.17, 15) is 4.79 Å². The van der Waals surface area contributed by atoms with Crippen LogP contribution in [-0.4, -0.2) is 11.7 Å². The normalized spacial score (nSPS) is 32.6. The molecule has 0 heterocycles. The third kappa shape index (κ3) is 2.09. The topological polar surface area (TPSA) is 17.1 Å². The van der Waals surface area contributed by atoms with Gasteiger partial charge in [-0.3, -0.25) is 0 Å². The van der Waals surface area contributed by atoms with Gasteiger partial charge in [-0.15, -0.1) is 11.6 Å². The first kappa shape index (κ1) is 11.5. The Morgan fingerprint density at radius 2 is 2.07 bits per heavy atom. The Morgan fingerprint density at radius 3 is 2.43 bits per heavy atom. The van der Waals surface area contributed by atoms with Gasteiger partial charge in [0.15, 0.2) is 0 Å². The summed E-state index contributed by atoms with van der Waals surface area (Å²) < 4.78 is 0. The molecular weight excluding hydrogens is 196 g/mol. The lowest BCUT2D eigenvalue weighted by Gasteiger charge is -2.31. The summed E-state index contributed by atoms with van der Waals surface area (Å²) in [5.41, 5.74) is 0.737. The van der Waals surface area contributed by atoms with Crippen LogP contribution >= 0.6 is 11.6 Å². The van der Waals surface area contributed by atoms with Crippen molar-refractivity contribution in [1.29, 1.82) is 0 Å². The second kappa shape index (κ2) is 3.54. The number of alkyl halides is 1. The smallest absolute Gasteiger partial charge is 0.131 e. The quantitative estimate of drug-likeness (QED) is 0.481. The summed E-state index contributed by atoms with van der Waals surface area (Å²) in [7, 11) is 0. The molecule has 0 radical (unpaired) electrons. The first-order chi connectivity index (χ1) is 6.29. The highest BCUT2D eigenvalue weighted by Gasteiger charge is 2.33. The molecule has 14 heavy (non-hydrogen) atoms. The maximum Gasteiger partial charge on any atom is 0.131 e. The van der Waals surface area contributed by atoms with Gasteiger partial charge in [0.25, 0.3) is 0 Å². The summed E-state index contributed by atoms with van der Waals surface area (Å²) in [6, 6.07) is 0. The van der Waals surface area contributed by atoms with E-state index in [1.54, 1.807) is 0 Å². The van der Waals surface area contributed by atoms with Gasteiger partial charge in [-0.2, -0.15) is 0 Å². The minimum atomic E-state index is -0.545. The monoisotopic (exact) mass is 212 g/mol. The minimum absolute atomic E-state index is 0.0911. The molecule has 1 rings (SSSR count). The molecular formula is C12H17ClO. The average Bonchev–Trinajstić information content (AvgIpc) is 2.08. The summed E-state index contributed by atoms with van der Waals surface area (Å²) in [5.74, 6) is 0. The van der Waals surface area contributed by atoms with Gasteiger partial charge in [-0.1, -0.05) is 39.0 Å². The fourth-order valence-electron chi connectivity index (χ4n) is 1.36. The second-order valence-corrected chi connectivity index (χ2v) is 5.56. The zero-order valence-electron chi connectivity index (χ0n) is 9.17. The lowest BCUT2D eigenvalue weighted by atomic mass is 9.76. The predicted octanol–water partition coefficient (Wildman–Crippen LogP) is 3.34. The molecule has 0 aliphatic heterocycles. The Labute approximate surface area is 90.8 Å². The standard InChI is InChI=1S/C12H17ClO/c1-11(2,3)9-5-6-12(4,8-14)10(13)7-9/h5-8,10H,1-4H3. The van der Waals surface area contributed by atoms with Crippen molar-refractivity contribution in [2.75, 3.05) is 0 Å². The van der Waals surface area contributed by atoms with Gasteiger partial charge in [0.05, 0.1) is 10.8 Å². The van der Waals surface area contributed by atoms with Gasteiger partial charge in [-0.25, -0.2) is 0 Å². The highest BCUT2D eigenvalue weighted by Crippen LogP contribution is 2.37. The number of allylic oxidation sites excluding steroid dienone is 4. The van der Waals surface area contributed by atoms with Crippen molar-refractivity contribution in [3.63, 3.8) is 0 Å². The SMILES string of the molecule is CC(C)(C)C1=CC(Cl)C(C)(C=O)C=C1. The van der Waals surface area contributed by atoms with Crippen LogP contribution in [0, 0.1) is 10.8 Å². The third-order valence-electron chi connectivity index (χ3n) is 2.66. The number of hydrogen-bond donors (Lipinski definition) is 0. The molecule has 0 aromatic carbocycles. The number of rotatable bonds is 1. The van der Waals surface area contributed by atoms with Crippen LogP contribution in [0.5, 0.6) is 0 Å². The van der Waals surface area contributed by atoms with E-state index in [1.807, 2.05) is 25.2 Å². The number of carbonyl (C=O) groups is 1. The molecule has 1 aliphatic rings. The molecule has 2 atom stereocenters. The number of hydrogen-bond acceptors (Lipinski definition) is 1. The summed E-state index contributed by atoms with van der Waals surface area (Å²) in [6.45, 7) is 8.26.